The molecule has 0 atom stereocenters. The van der Waals surface area contributed by atoms with Crippen LogP contribution in [0.15, 0.2) is 0 Å². The molecule has 0 heterocycles. The molecule has 1 radical (unpaired) electrons. The van der Waals surface area contributed by atoms with Gasteiger partial charge in [0.1, 0.15) is 0 Å². The molecule has 0 saturated heterocycles. The van der Waals surface area contributed by atoms with Crippen LogP contribution in [0.1, 0.15) is 0 Å². The number of hydrogen-bond acceptors (Lipinski definition) is 2. The molecule has 0 spiro atoms. The second-order valence-corrected chi connectivity index (χ2v) is 0. The first-order chi connectivity index (χ1) is 0. The SMILES string of the molecule is O.[Cu+2].[OH-].[OH-].[Ti]. The summed E-state index contributed by atoms with van der Waals surface area (Å²) < 4.78 is 0. The molecular formula is H4CuO3Ti. The summed E-state index contributed by atoms with van der Waals surface area (Å²) in [6.45, 7) is 0. The van der Waals surface area contributed by atoms with Crippen molar-refractivity contribution in [2.75, 3.05) is 0 Å². The van der Waals surface area contributed by atoms with E-state index in [0.717, 1.165) is 0 Å². The molecule has 0 aromatic carbocycles. The largest absolute Gasteiger partial charge is 2.00 e. The fraction of sp³-hybridized carbons (Fsp3) is 0. The monoisotopic (exact) mass is 163 g/mol. The van der Waals surface area contributed by atoms with E-state index in [1.165, 1.54) is 0 Å². The Kier molecular flexibility index (Phi) is 1800. The second-order valence-electron chi connectivity index (χ2n) is 0. The molecule has 0 fully saturated rings. The van der Waals surface area contributed by atoms with Gasteiger partial charge in [0.15, 0.2) is 0 Å². The molecule has 0 aromatic rings. The summed E-state index contributed by atoms with van der Waals surface area (Å²) in [4.78, 5) is 0. The molecule has 0 aliphatic rings. The van der Waals surface area contributed by atoms with Crippen LogP contribution in [0.25, 0.3) is 0 Å². The van der Waals surface area contributed by atoms with E-state index in [4.69, 9.17) is 0 Å². The van der Waals surface area contributed by atoms with Crippen LogP contribution in [-0.2, 0) is 38.8 Å². The number of rotatable bonds is 0. The zero-order valence-electron chi connectivity index (χ0n) is 2.20. The van der Waals surface area contributed by atoms with Crippen LogP contribution >= 0.6 is 0 Å². The maximum atomic E-state index is 0. The maximum absolute atomic E-state index is 0. The van der Waals surface area contributed by atoms with Gasteiger partial charge in [0.25, 0.3) is 0 Å². The Morgan fingerprint density at radius 2 is 0.800 bits per heavy atom. The summed E-state index contributed by atoms with van der Waals surface area (Å²) in [5.74, 6) is 0. The Labute approximate surface area is 55.4 Å². The third kappa shape index (κ3) is 40.0. The van der Waals surface area contributed by atoms with Gasteiger partial charge < -0.3 is 16.4 Å². The fourth-order valence-electron chi connectivity index (χ4n) is 0. The van der Waals surface area contributed by atoms with Crippen LogP contribution in [0.3, 0.4) is 0 Å². The third-order valence-electron chi connectivity index (χ3n) is 0. The van der Waals surface area contributed by atoms with Gasteiger partial charge in [-0.05, 0) is 0 Å². The van der Waals surface area contributed by atoms with Crippen LogP contribution in [0.5, 0.6) is 0 Å². The molecule has 0 unspecified atom stereocenters. The third-order valence-corrected chi connectivity index (χ3v) is 0. The minimum atomic E-state index is 0. The van der Waals surface area contributed by atoms with Crippen LogP contribution in [0.2, 0.25) is 0 Å². The topological polar surface area (TPSA) is 91.5 Å². The summed E-state index contributed by atoms with van der Waals surface area (Å²) in [7, 11) is 0. The summed E-state index contributed by atoms with van der Waals surface area (Å²) >= 11 is 0. The summed E-state index contributed by atoms with van der Waals surface area (Å²) in [6, 6.07) is 0. The average Bonchev–Trinajstić information content (AvgIpc) is 0. The standard InChI is InChI=1S/Cu.3H2O.Ti/h;3*1H2;/q+2;;;;/p-2. The van der Waals surface area contributed by atoms with Gasteiger partial charge in [-0.2, -0.15) is 0 Å². The van der Waals surface area contributed by atoms with Gasteiger partial charge in [0.05, 0.1) is 0 Å². The van der Waals surface area contributed by atoms with Crippen molar-refractivity contribution in [1.82, 2.24) is 0 Å². The van der Waals surface area contributed by atoms with E-state index in [1.807, 2.05) is 0 Å². The normalized spacial score (nSPS) is 0. The quantitative estimate of drug-likeness (QED) is 0.420. The van der Waals surface area contributed by atoms with E-state index < -0.39 is 0 Å². The predicted molar refractivity (Wildman–Crippen MR) is 7.49 cm³/mol. The molecule has 0 saturated carbocycles. The van der Waals surface area contributed by atoms with Crippen molar-refractivity contribution in [3.05, 3.63) is 0 Å². The summed E-state index contributed by atoms with van der Waals surface area (Å²) in [5, 5.41) is 0. The molecule has 0 aromatic heterocycles. The van der Waals surface area contributed by atoms with Gasteiger partial charge in [0.2, 0.25) is 0 Å². The molecule has 0 bridgehead atoms. The molecule has 0 aliphatic heterocycles. The first-order valence-electron chi connectivity index (χ1n) is 0. The van der Waals surface area contributed by atoms with Crippen molar-refractivity contribution in [2.45, 2.75) is 0 Å². The van der Waals surface area contributed by atoms with Crippen LogP contribution in [-0.4, -0.2) is 16.4 Å². The van der Waals surface area contributed by atoms with Crippen molar-refractivity contribution in [3.63, 3.8) is 0 Å². The van der Waals surface area contributed by atoms with E-state index in [-0.39, 0.29) is 55.2 Å². The van der Waals surface area contributed by atoms with E-state index in [1.54, 1.807) is 0 Å². The first kappa shape index (κ1) is 129. The minimum absolute atomic E-state index is 0. The van der Waals surface area contributed by atoms with Crippen molar-refractivity contribution in [2.24, 2.45) is 0 Å². The zero-order valence-corrected chi connectivity index (χ0v) is 4.70. The maximum Gasteiger partial charge on any atom is 2.00 e. The molecular weight excluding hydrogens is 159 g/mol. The van der Waals surface area contributed by atoms with Crippen molar-refractivity contribution >= 4 is 0 Å². The molecule has 0 aliphatic carbocycles. The van der Waals surface area contributed by atoms with Crippen LogP contribution < -0.4 is 0 Å². The Morgan fingerprint density at radius 1 is 0.800 bits per heavy atom. The smallest absolute Gasteiger partial charge is 0.870 e. The molecule has 37 valence electrons. The van der Waals surface area contributed by atoms with Gasteiger partial charge >= 0.3 is 17.1 Å². The summed E-state index contributed by atoms with van der Waals surface area (Å²) in [6.07, 6.45) is 0. The zero-order chi connectivity index (χ0) is 0. The van der Waals surface area contributed by atoms with Gasteiger partial charge in [0, 0.05) is 21.7 Å². The Morgan fingerprint density at radius 3 is 0.800 bits per heavy atom. The summed E-state index contributed by atoms with van der Waals surface area (Å²) in [5.41, 5.74) is 0. The van der Waals surface area contributed by atoms with E-state index in [9.17, 15) is 0 Å². The van der Waals surface area contributed by atoms with E-state index in [0.29, 0.717) is 0 Å². The molecule has 4 N–H and O–H groups in total. The molecule has 5 heavy (non-hydrogen) atoms. The van der Waals surface area contributed by atoms with E-state index in [2.05, 4.69) is 0 Å². The van der Waals surface area contributed by atoms with E-state index >= 15 is 0 Å². The Hall–Kier alpha value is 1.11. The fourth-order valence-corrected chi connectivity index (χ4v) is 0. The van der Waals surface area contributed by atoms with Gasteiger partial charge in [-0.15, -0.1) is 0 Å². The van der Waals surface area contributed by atoms with Crippen LogP contribution in [0.4, 0.5) is 0 Å². The molecule has 5 heteroatoms. The minimum Gasteiger partial charge on any atom is -0.870 e. The first-order valence-corrected chi connectivity index (χ1v) is 0. The predicted octanol–water partition coefficient (Wildman–Crippen LogP) is -1.18. The van der Waals surface area contributed by atoms with Gasteiger partial charge in [-0.1, -0.05) is 0 Å². The number of hydrogen-bond donors (Lipinski definition) is 0. The van der Waals surface area contributed by atoms with Gasteiger partial charge in [-0.3, -0.25) is 0 Å². The molecule has 0 amide bonds. The Balaban J connectivity index is 0. The van der Waals surface area contributed by atoms with Crippen molar-refractivity contribution in [3.8, 4) is 0 Å². The molecule has 0 rings (SSSR count). The van der Waals surface area contributed by atoms with Crippen molar-refractivity contribution in [1.29, 1.82) is 0 Å². The van der Waals surface area contributed by atoms with Gasteiger partial charge in [-0.25, -0.2) is 0 Å². The average molecular weight is 163 g/mol. The van der Waals surface area contributed by atoms with Crippen LogP contribution in [0, 0.1) is 0 Å². The second kappa shape index (κ2) is 69.8. The Bertz CT molecular complexity index is 6.85. The van der Waals surface area contributed by atoms with Crippen molar-refractivity contribution < 1.29 is 55.2 Å². The molecule has 3 nitrogen and oxygen atoms in total.